The number of benzene rings is 3. The van der Waals surface area contributed by atoms with E-state index in [1.807, 2.05) is 61.5 Å². The van der Waals surface area contributed by atoms with Crippen LogP contribution in [0.3, 0.4) is 0 Å². The first-order valence-corrected chi connectivity index (χ1v) is 8.28. The Balaban J connectivity index is 1.79. The van der Waals surface area contributed by atoms with E-state index in [9.17, 15) is 9.59 Å². The van der Waals surface area contributed by atoms with Crippen molar-refractivity contribution >= 4 is 17.6 Å². The van der Waals surface area contributed by atoms with Crippen molar-refractivity contribution in [3.8, 4) is 16.9 Å². The number of hydrogen-bond acceptors (Lipinski definition) is 3. The van der Waals surface area contributed by atoms with Crippen LogP contribution >= 0.6 is 0 Å². The van der Waals surface area contributed by atoms with Crippen molar-refractivity contribution < 1.29 is 14.3 Å². The lowest BCUT2D eigenvalue weighted by atomic mass is 10.0. The van der Waals surface area contributed by atoms with E-state index >= 15 is 0 Å². The van der Waals surface area contributed by atoms with Crippen molar-refractivity contribution in [3.05, 3.63) is 83.9 Å². The van der Waals surface area contributed by atoms with Gasteiger partial charge in [-0.15, -0.1) is 0 Å². The van der Waals surface area contributed by atoms with Gasteiger partial charge >= 0.3 is 5.97 Å². The SMILES string of the molecule is CC(=O)Oc1ccc(-c2cccc(C(=O)Nc3cccc(C)c3)c2)cc1. The fourth-order valence-electron chi connectivity index (χ4n) is 2.65. The molecule has 4 nitrogen and oxygen atoms in total. The topological polar surface area (TPSA) is 55.4 Å². The fourth-order valence-corrected chi connectivity index (χ4v) is 2.65. The molecule has 0 aliphatic rings. The summed E-state index contributed by atoms with van der Waals surface area (Å²) < 4.78 is 5.04. The Morgan fingerprint density at radius 3 is 2.27 bits per heavy atom. The second kappa shape index (κ2) is 7.66. The molecule has 0 radical (unpaired) electrons. The summed E-state index contributed by atoms with van der Waals surface area (Å²) in [6.07, 6.45) is 0. The van der Waals surface area contributed by atoms with Crippen molar-refractivity contribution in [3.63, 3.8) is 0 Å². The molecule has 0 atom stereocenters. The van der Waals surface area contributed by atoms with Crippen LogP contribution in [0.1, 0.15) is 22.8 Å². The Bertz CT molecular complexity index is 946. The van der Waals surface area contributed by atoms with Crippen molar-refractivity contribution in [2.75, 3.05) is 5.32 Å². The largest absolute Gasteiger partial charge is 0.427 e. The molecule has 0 unspecified atom stereocenters. The lowest BCUT2D eigenvalue weighted by molar-refractivity contribution is -0.131. The summed E-state index contributed by atoms with van der Waals surface area (Å²) in [6.45, 7) is 3.35. The molecule has 0 aromatic heterocycles. The molecule has 3 aromatic carbocycles. The number of hydrogen-bond donors (Lipinski definition) is 1. The molecular formula is C22H19NO3. The summed E-state index contributed by atoms with van der Waals surface area (Å²) in [7, 11) is 0. The number of anilines is 1. The molecule has 0 aliphatic carbocycles. The molecular weight excluding hydrogens is 326 g/mol. The van der Waals surface area contributed by atoms with Gasteiger partial charge in [-0.2, -0.15) is 0 Å². The van der Waals surface area contributed by atoms with Crippen LogP contribution in [0.25, 0.3) is 11.1 Å². The number of amides is 1. The number of rotatable bonds is 4. The molecule has 26 heavy (non-hydrogen) atoms. The zero-order valence-electron chi connectivity index (χ0n) is 14.7. The fraction of sp³-hybridized carbons (Fsp3) is 0.0909. The highest BCUT2D eigenvalue weighted by Gasteiger charge is 2.08. The normalized spacial score (nSPS) is 10.2. The summed E-state index contributed by atoms with van der Waals surface area (Å²) in [5.74, 6) is -0.0175. The van der Waals surface area contributed by atoms with Crippen molar-refractivity contribution in [1.29, 1.82) is 0 Å². The number of ether oxygens (including phenoxy) is 1. The third-order valence-corrected chi connectivity index (χ3v) is 3.85. The molecule has 4 heteroatoms. The van der Waals surface area contributed by atoms with Crippen molar-refractivity contribution in [2.24, 2.45) is 0 Å². The number of nitrogens with one attached hydrogen (secondary N) is 1. The first kappa shape index (κ1) is 17.4. The van der Waals surface area contributed by atoms with Crippen molar-refractivity contribution in [1.82, 2.24) is 0 Å². The molecule has 130 valence electrons. The van der Waals surface area contributed by atoms with Crippen molar-refractivity contribution in [2.45, 2.75) is 13.8 Å². The Hall–Kier alpha value is -3.40. The lowest BCUT2D eigenvalue weighted by Crippen LogP contribution is -2.11. The molecule has 0 aliphatic heterocycles. The monoisotopic (exact) mass is 345 g/mol. The predicted molar refractivity (Wildman–Crippen MR) is 102 cm³/mol. The summed E-state index contributed by atoms with van der Waals surface area (Å²) in [5.41, 5.74) is 4.28. The maximum Gasteiger partial charge on any atom is 0.308 e. The number of carbonyl (C=O) groups excluding carboxylic acids is 2. The minimum atomic E-state index is -0.354. The zero-order chi connectivity index (χ0) is 18.5. The highest BCUT2D eigenvalue weighted by atomic mass is 16.5. The van der Waals surface area contributed by atoms with E-state index in [0.29, 0.717) is 11.3 Å². The summed E-state index contributed by atoms with van der Waals surface area (Å²) in [5, 5.41) is 2.91. The van der Waals surface area contributed by atoms with E-state index in [4.69, 9.17) is 4.74 Å². The van der Waals surface area contributed by atoms with Crippen LogP contribution in [0.2, 0.25) is 0 Å². The molecule has 0 fully saturated rings. The van der Waals surface area contributed by atoms with E-state index in [1.54, 1.807) is 18.2 Å². The molecule has 0 heterocycles. The van der Waals surface area contributed by atoms with E-state index < -0.39 is 0 Å². The Morgan fingerprint density at radius 2 is 1.58 bits per heavy atom. The Morgan fingerprint density at radius 1 is 0.846 bits per heavy atom. The van der Waals surface area contributed by atoms with Gasteiger partial charge in [0.25, 0.3) is 5.91 Å². The van der Waals surface area contributed by atoms with Crippen LogP contribution in [0.4, 0.5) is 5.69 Å². The standard InChI is InChI=1S/C22H19NO3/c1-15-5-3-8-20(13-15)23-22(25)19-7-4-6-18(14-19)17-9-11-21(12-10-17)26-16(2)24/h3-14H,1-2H3,(H,23,25). The van der Waals surface area contributed by atoms with E-state index in [1.165, 1.54) is 6.92 Å². The first-order valence-electron chi connectivity index (χ1n) is 8.28. The minimum absolute atomic E-state index is 0.158. The van der Waals surface area contributed by atoms with Crippen LogP contribution in [-0.4, -0.2) is 11.9 Å². The summed E-state index contributed by atoms with van der Waals surface area (Å²) in [4.78, 5) is 23.5. The zero-order valence-corrected chi connectivity index (χ0v) is 14.7. The van der Waals surface area contributed by atoms with Crippen LogP contribution in [0.5, 0.6) is 5.75 Å². The predicted octanol–water partition coefficient (Wildman–Crippen LogP) is 4.84. The summed E-state index contributed by atoms with van der Waals surface area (Å²) >= 11 is 0. The smallest absolute Gasteiger partial charge is 0.308 e. The van der Waals surface area contributed by atoms with Gasteiger partial charge in [0.2, 0.25) is 0 Å². The highest BCUT2D eigenvalue weighted by Crippen LogP contribution is 2.24. The van der Waals surface area contributed by atoms with Gasteiger partial charge in [-0.05, 0) is 60.0 Å². The number of esters is 1. The van der Waals surface area contributed by atoms with Gasteiger partial charge < -0.3 is 10.1 Å². The lowest BCUT2D eigenvalue weighted by Gasteiger charge is -2.08. The minimum Gasteiger partial charge on any atom is -0.427 e. The third-order valence-electron chi connectivity index (χ3n) is 3.85. The number of carbonyl (C=O) groups is 2. The average molecular weight is 345 g/mol. The van der Waals surface area contributed by atoms with Gasteiger partial charge in [0, 0.05) is 18.2 Å². The van der Waals surface area contributed by atoms with Gasteiger partial charge in [0.1, 0.15) is 5.75 Å². The maximum atomic E-state index is 12.5. The van der Waals surface area contributed by atoms with E-state index in [0.717, 1.165) is 22.4 Å². The first-order chi connectivity index (χ1) is 12.5. The number of aryl methyl sites for hydroxylation is 1. The second-order valence-corrected chi connectivity index (χ2v) is 6.02. The maximum absolute atomic E-state index is 12.5. The third kappa shape index (κ3) is 4.36. The van der Waals surface area contributed by atoms with Gasteiger partial charge in [-0.25, -0.2) is 0 Å². The van der Waals surface area contributed by atoms with Crippen LogP contribution < -0.4 is 10.1 Å². The second-order valence-electron chi connectivity index (χ2n) is 6.02. The molecule has 0 bridgehead atoms. The molecule has 0 spiro atoms. The van der Waals surface area contributed by atoms with Crippen LogP contribution in [0.15, 0.2) is 72.8 Å². The molecule has 1 amide bonds. The van der Waals surface area contributed by atoms with Gasteiger partial charge in [0.05, 0.1) is 0 Å². The van der Waals surface area contributed by atoms with Crippen LogP contribution in [0, 0.1) is 6.92 Å². The summed E-state index contributed by atoms with van der Waals surface area (Å²) in [6, 6.07) is 22.3. The molecule has 3 aromatic rings. The average Bonchev–Trinajstić information content (AvgIpc) is 2.62. The van der Waals surface area contributed by atoms with Crippen LogP contribution in [-0.2, 0) is 4.79 Å². The molecule has 1 N–H and O–H groups in total. The molecule has 0 saturated heterocycles. The van der Waals surface area contributed by atoms with E-state index in [-0.39, 0.29) is 11.9 Å². The Kier molecular flexibility index (Phi) is 5.13. The highest BCUT2D eigenvalue weighted by molar-refractivity contribution is 6.05. The molecule has 0 saturated carbocycles. The van der Waals surface area contributed by atoms with Gasteiger partial charge in [0.15, 0.2) is 0 Å². The van der Waals surface area contributed by atoms with Gasteiger partial charge in [-0.3, -0.25) is 9.59 Å². The molecule has 3 rings (SSSR count). The quantitative estimate of drug-likeness (QED) is 0.544. The van der Waals surface area contributed by atoms with E-state index in [2.05, 4.69) is 5.32 Å². The van der Waals surface area contributed by atoms with Gasteiger partial charge in [-0.1, -0.05) is 36.4 Å². The Labute approximate surface area is 152 Å².